The molecule has 0 aliphatic carbocycles. The Hall–Kier alpha value is -3.30. The highest BCUT2D eigenvalue weighted by atomic mass is 16.5. The minimum absolute atomic E-state index is 0.0417. The zero-order valence-corrected chi connectivity index (χ0v) is 32.9. The van der Waals surface area contributed by atoms with Gasteiger partial charge in [-0.3, -0.25) is 19.4 Å². The number of esters is 2. The van der Waals surface area contributed by atoms with Crippen LogP contribution in [0.2, 0.25) is 0 Å². The van der Waals surface area contributed by atoms with Gasteiger partial charge in [0, 0.05) is 18.3 Å². The van der Waals surface area contributed by atoms with Crippen molar-refractivity contribution in [3.05, 3.63) is 66.0 Å². The van der Waals surface area contributed by atoms with Crippen molar-refractivity contribution in [2.45, 2.75) is 133 Å². The quantitative estimate of drug-likeness (QED) is 0.178. The molecule has 9 heteroatoms. The van der Waals surface area contributed by atoms with E-state index in [4.69, 9.17) is 20.7 Å². The highest BCUT2D eigenvalue weighted by Crippen LogP contribution is 2.22. The molecule has 0 aliphatic rings. The molecule has 4 atom stereocenters. The van der Waals surface area contributed by atoms with Gasteiger partial charge < -0.3 is 25.4 Å². The minimum atomic E-state index is -0.975. The first-order valence-electron chi connectivity index (χ1n) is 17.6. The van der Waals surface area contributed by atoms with Crippen molar-refractivity contribution in [2.75, 3.05) is 20.3 Å². The number of methoxy groups -OCH3 is 1. The molecule has 282 valence electrons. The van der Waals surface area contributed by atoms with Crippen LogP contribution in [0.3, 0.4) is 0 Å². The SMILES string of the molecule is CCC(C)(C)C(=O)OC.CCC(C)(C)C(=O)OCC(O)CO.CCC(C)C(N)=O.CCC(C)c1ccccc1.CCC(C)c1ccncc1. The number of nitrogens with two attached hydrogens (primary N) is 1. The maximum Gasteiger partial charge on any atom is 0.311 e. The fourth-order valence-corrected chi connectivity index (χ4v) is 3.13. The normalized spacial score (nSPS) is 13.0. The van der Waals surface area contributed by atoms with E-state index >= 15 is 0 Å². The van der Waals surface area contributed by atoms with Crippen molar-refractivity contribution in [2.24, 2.45) is 22.5 Å². The molecule has 1 aromatic heterocycles. The number of pyridine rings is 1. The Morgan fingerprint density at radius 1 is 0.755 bits per heavy atom. The number of nitrogens with zero attached hydrogens (tertiary/aromatic N) is 1. The summed E-state index contributed by atoms with van der Waals surface area (Å²) in [5, 5.41) is 17.4. The third-order valence-corrected chi connectivity index (χ3v) is 8.64. The lowest BCUT2D eigenvalue weighted by molar-refractivity contribution is -0.157. The Morgan fingerprint density at radius 2 is 1.18 bits per heavy atom. The second kappa shape index (κ2) is 28.5. The number of carbonyl (C=O) groups excluding carboxylic acids is 3. The number of aliphatic hydroxyl groups excluding tert-OH is 2. The fraction of sp³-hybridized carbons (Fsp3) is 0.650. The monoisotopic (exact) mass is 691 g/mol. The molecule has 4 N–H and O–H groups in total. The number of ether oxygens (including phenoxy) is 2. The van der Waals surface area contributed by atoms with E-state index in [2.05, 4.69) is 79.9 Å². The molecule has 0 spiro atoms. The molecule has 1 aromatic carbocycles. The zero-order chi connectivity index (χ0) is 38.6. The van der Waals surface area contributed by atoms with Gasteiger partial charge in [0.25, 0.3) is 0 Å². The van der Waals surface area contributed by atoms with Crippen molar-refractivity contribution in [1.82, 2.24) is 4.98 Å². The molecular weight excluding hydrogens is 620 g/mol. The minimum Gasteiger partial charge on any atom is -0.469 e. The van der Waals surface area contributed by atoms with Crippen LogP contribution in [0.1, 0.15) is 138 Å². The number of aliphatic hydroxyl groups is 2. The van der Waals surface area contributed by atoms with Gasteiger partial charge >= 0.3 is 11.9 Å². The average molecular weight is 691 g/mol. The number of hydrogen-bond acceptors (Lipinski definition) is 8. The smallest absolute Gasteiger partial charge is 0.311 e. The van der Waals surface area contributed by atoms with Gasteiger partial charge in [-0.2, -0.15) is 0 Å². The lowest BCUT2D eigenvalue weighted by Crippen LogP contribution is -2.30. The van der Waals surface area contributed by atoms with Crippen LogP contribution in [0.15, 0.2) is 54.9 Å². The largest absolute Gasteiger partial charge is 0.469 e. The van der Waals surface area contributed by atoms with Crippen LogP contribution >= 0.6 is 0 Å². The molecule has 4 unspecified atom stereocenters. The second-order valence-electron chi connectivity index (χ2n) is 13.4. The number of primary amides is 1. The van der Waals surface area contributed by atoms with E-state index in [1.165, 1.54) is 31.1 Å². The van der Waals surface area contributed by atoms with E-state index in [9.17, 15) is 14.4 Å². The summed E-state index contributed by atoms with van der Waals surface area (Å²) in [5.74, 6) is 0.735. The van der Waals surface area contributed by atoms with Crippen molar-refractivity contribution in [1.29, 1.82) is 0 Å². The number of benzene rings is 1. The van der Waals surface area contributed by atoms with Gasteiger partial charge in [-0.05, 0) is 94.9 Å². The fourth-order valence-electron chi connectivity index (χ4n) is 3.13. The first-order valence-corrected chi connectivity index (χ1v) is 17.6. The molecular formula is C40H70N2O7. The van der Waals surface area contributed by atoms with Gasteiger partial charge in [-0.15, -0.1) is 0 Å². The summed E-state index contributed by atoms with van der Waals surface area (Å²) in [4.78, 5) is 36.3. The van der Waals surface area contributed by atoms with E-state index in [0.29, 0.717) is 18.3 Å². The topological polar surface area (TPSA) is 149 Å². The van der Waals surface area contributed by atoms with Crippen LogP contribution in [-0.4, -0.2) is 59.5 Å². The molecule has 0 radical (unpaired) electrons. The van der Waals surface area contributed by atoms with Gasteiger partial charge in [-0.1, -0.05) is 85.7 Å². The lowest BCUT2D eigenvalue weighted by Gasteiger charge is -2.21. The van der Waals surface area contributed by atoms with Gasteiger partial charge in [0.2, 0.25) is 5.91 Å². The van der Waals surface area contributed by atoms with E-state index < -0.39 is 11.5 Å². The molecule has 0 saturated heterocycles. The third-order valence-electron chi connectivity index (χ3n) is 8.64. The van der Waals surface area contributed by atoms with Gasteiger partial charge in [0.1, 0.15) is 12.7 Å². The Kier molecular flexibility index (Phi) is 29.2. The molecule has 2 rings (SSSR count). The van der Waals surface area contributed by atoms with Gasteiger partial charge in [0.05, 0.1) is 24.5 Å². The Balaban J connectivity index is -0.000000547. The average Bonchev–Trinajstić information content (AvgIpc) is 3.13. The maximum absolute atomic E-state index is 11.3. The van der Waals surface area contributed by atoms with Crippen LogP contribution in [0.25, 0.3) is 0 Å². The summed E-state index contributed by atoms with van der Waals surface area (Å²) in [6.07, 6.45) is 7.49. The van der Waals surface area contributed by atoms with E-state index in [1.807, 2.05) is 53.9 Å². The second-order valence-corrected chi connectivity index (χ2v) is 13.4. The number of rotatable bonds is 13. The Bertz CT molecular complexity index is 1060. The van der Waals surface area contributed by atoms with Crippen molar-refractivity contribution in [3.63, 3.8) is 0 Å². The first-order chi connectivity index (χ1) is 22.8. The van der Waals surface area contributed by atoms with Crippen LogP contribution in [0.4, 0.5) is 0 Å². The van der Waals surface area contributed by atoms with Crippen molar-refractivity contribution < 1.29 is 34.1 Å². The lowest BCUT2D eigenvalue weighted by atomic mass is 9.91. The first kappa shape index (κ1) is 50.1. The van der Waals surface area contributed by atoms with E-state index in [0.717, 1.165) is 12.8 Å². The van der Waals surface area contributed by atoms with Crippen molar-refractivity contribution >= 4 is 17.8 Å². The van der Waals surface area contributed by atoms with Crippen LogP contribution < -0.4 is 5.73 Å². The predicted octanol–water partition coefficient (Wildman–Crippen LogP) is 8.23. The summed E-state index contributed by atoms with van der Waals surface area (Å²) in [6.45, 7) is 23.3. The van der Waals surface area contributed by atoms with Crippen molar-refractivity contribution in [3.8, 4) is 0 Å². The Labute approximate surface area is 298 Å². The highest BCUT2D eigenvalue weighted by Gasteiger charge is 2.27. The Morgan fingerprint density at radius 3 is 1.49 bits per heavy atom. The molecule has 1 heterocycles. The molecule has 0 aliphatic heterocycles. The summed E-state index contributed by atoms with van der Waals surface area (Å²) in [6, 6.07) is 14.8. The molecule has 0 bridgehead atoms. The van der Waals surface area contributed by atoms with Crippen LogP contribution in [0.5, 0.6) is 0 Å². The molecule has 2 aromatic rings. The molecule has 9 nitrogen and oxygen atoms in total. The number of amides is 1. The summed E-state index contributed by atoms with van der Waals surface area (Å²) in [5.41, 5.74) is 6.91. The molecule has 49 heavy (non-hydrogen) atoms. The van der Waals surface area contributed by atoms with E-state index in [1.54, 1.807) is 13.8 Å². The summed E-state index contributed by atoms with van der Waals surface area (Å²) in [7, 11) is 1.42. The number of aromatic nitrogens is 1. The third kappa shape index (κ3) is 24.5. The molecule has 0 saturated carbocycles. The highest BCUT2D eigenvalue weighted by molar-refractivity contribution is 5.76. The van der Waals surface area contributed by atoms with Gasteiger partial charge in [0.15, 0.2) is 0 Å². The summed E-state index contributed by atoms with van der Waals surface area (Å²) < 4.78 is 9.37. The van der Waals surface area contributed by atoms with Crippen LogP contribution in [0, 0.1) is 16.7 Å². The number of hydrogen-bond donors (Lipinski definition) is 3. The van der Waals surface area contributed by atoms with Crippen LogP contribution in [-0.2, 0) is 23.9 Å². The predicted molar refractivity (Wildman–Crippen MR) is 201 cm³/mol. The zero-order valence-electron chi connectivity index (χ0n) is 32.9. The summed E-state index contributed by atoms with van der Waals surface area (Å²) >= 11 is 0. The van der Waals surface area contributed by atoms with E-state index in [-0.39, 0.29) is 42.4 Å². The maximum atomic E-state index is 11.3. The molecule has 1 amide bonds. The van der Waals surface area contributed by atoms with Gasteiger partial charge in [-0.25, -0.2) is 0 Å². The standard InChI is InChI=1S/C10H14.C9H13N.C9H18O4.C7H14O2.C5H11NO/c1-3-9(2)10-7-5-4-6-8-10;1-3-8(2)9-4-6-10-7-5-9;1-4-9(2,3)8(12)13-6-7(11)5-10;1-5-7(2,3)6(8)9-4;1-3-4(2)5(6)7/h4-9H,3H2,1-2H3;4-8H,3H2,1-2H3;7,10-11H,4-6H2,1-3H3;5H2,1-4H3;4H,3H2,1-2H3,(H2,6,7). The molecule has 0 fully saturated rings. The number of carbonyl (C=O) groups is 3.